The number of hydrogen-bond donors (Lipinski definition) is 1. The Morgan fingerprint density at radius 1 is 1.22 bits per heavy atom. The van der Waals surface area contributed by atoms with E-state index in [9.17, 15) is 9.18 Å². The van der Waals surface area contributed by atoms with Crippen molar-refractivity contribution in [1.29, 1.82) is 0 Å². The molecule has 0 aliphatic carbocycles. The molecule has 1 aliphatic rings. The molecular weight excluding hydrogens is 297 g/mol. The quantitative estimate of drug-likeness (QED) is 0.917. The van der Waals surface area contributed by atoms with Crippen molar-refractivity contribution in [1.82, 2.24) is 4.90 Å². The third-order valence-corrected chi connectivity index (χ3v) is 3.98. The summed E-state index contributed by atoms with van der Waals surface area (Å²) < 4.78 is 18.7. The number of halogens is 1. The molecule has 1 unspecified atom stereocenters. The second kappa shape index (κ2) is 6.79. The van der Waals surface area contributed by atoms with Crippen LogP contribution >= 0.6 is 0 Å². The Hall–Kier alpha value is -2.40. The second-order valence-corrected chi connectivity index (χ2v) is 5.76. The predicted octanol–water partition coefficient (Wildman–Crippen LogP) is 3.52. The Morgan fingerprint density at radius 3 is 2.65 bits per heavy atom. The van der Waals surface area contributed by atoms with Crippen LogP contribution in [0.2, 0.25) is 0 Å². The maximum atomic E-state index is 13.1. The summed E-state index contributed by atoms with van der Waals surface area (Å²) in [5, 5.41) is 9.02. The van der Waals surface area contributed by atoms with Crippen molar-refractivity contribution in [3.05, 3.63) is 59.9 Å². The number of benzene rings is 2. The molecule has 2 aromatic rings. The van der Waals surface area contributed by atoms with Crippen LogP contribution in [-0.4, -0.2) is 29.1 Å². The van der Waals surface area contributed by atoms with Gasteiger partial charge in [-0.1, -0.05) is 18.2 Å². The molecule has 4 nitrogen and oxygen atoms in total. The Labute approximate surface area is 134 Å². The summed E-state index contributed by atoms with van der Waals surface area (Å²) in [5.41, 5.74) is 1.10. The lowest BCUT2D eigenvalue weighted by molar-refractivity contribution is -0.141. The van der Waals surface area contributed by atoms with Crippen molar-refractivity contribution in [3.8, 4) is 11.5 Å². The molecule has 2 aromatic carbocycles. The van der Waals surface area contributed by atoms with E-state index in [0.29, 0.717) is 24.5 Å². The summed E-state index contributed by atoms with van der Waals surface area (Å²) in [7, 11) is 0. The highest BCUT2D eigenvalue weighted by Crippen LogP contribution is 2.24. The van der Waals surface area contributed by atoms with Gasteiger partial charge in [-0.05, 0) is 42.8 Å². The number of nitrogens with zero attached hydrogens (tertiary/aromatic N) is 1. The first-order valence-electron chi connectivity index (χ1n) is 7.58. The monoisotopic (exact) mass is 315 g/mol. The first-order chi connectivity index (χ1) is 11.1. The molecule has 0 aromatic heterocycles. The van der Waals surface area contributed by atoms with Gasteiger partial charge in [-0.25, -0.2) is 4.39 Å². The van der Waals surface area contributed by atoms with E-state index in [1.165, 1.54) is 12.1 Å². The van der Waals surface area contributed by atoms with Crippen molar-refractivity contribution in [3.63, 3.8) is 0 Å². The number of aliphatic carboxylic acids is 1. The van der Waals surface area contributed by atoms with Gasteiger partial charge in [0.2, 0.25) is 0 Å². The van der Waals surface area contributed by atoms with Crippen LogP contribution in [0.1, 0.15) is 12.0 Å². The van der Waals surface area contributed by atoms with Crippen molar-refractivity contribution >= 4 is 5.97 Å². The van der Waals surface area contributed by atoms with Crippen LogP contribution in [0.3, 0.4) is 0 Å². The molecule has 0 spiro atoms. The molecule has 5 heteroatoms. The average molecular weight is 315 g/mol. The van der Waals surface area contributed by atoms with Gasteiger partial charge >= 0.3 is 5.97 Å². The zero-order valence-electron chi connectivity index (χ0n) is 12.6. The fourth-order valence-corrected chi connectivity index (χ4v) is 2.77. The predicted molar refractivity (Wildman–Crippen MR) is 83.9 cm³/mol. The zero-order valence-corrected chi connectivity index (χ0v) is 12.6. The maximum Gasteiger partial charge on any atom is 0.307 e. The average Bonchev–Trinajstić information content (AvgIpc) is 2.98. The van der Waals surface area contributed by atoms with Crippen LogP contribution in [0, 0.1) is 11.7 Å². The first kappa shape index (κ1) is 15.5. The molecule has 1 fully saturated rings. The summed E-state index contributed by atoms with van der Waals surface area (Å²) in [4.78, 5) is 13.1. The minimum atomic E-state index is -0.716. The van der Waals surface area contributed by atoms with Gasteiger partial charge < -0.3 is 9.84 Å². The number of carbonyl (C=O) groups is 1. The van der Waals surface area contributed by atoms with Crippen LogP contribution in [0.4, 0.5) is 4.39 Å². The lowest BCUT2D eigenvalue weighted by Crippen LogP contribution is -2.22. The van der Waals surface area contributed by atoms with E-state index in [2.05, 4.69) is 4.90 Å². The number of carboxylic acids is 1. The van der Waals surface area contributed by atoms with Gasteiger partial charge in [0.25, 0.3) is 0 Å². The number of hydrogen-bond acceptors (Lipinski definition) is 3. The lowest BCUT2D eigenvalue weighted by atomic mass is 10.1. The minimum absolute atomic E-state index is 0.259. The normalized spacial score (nSPS) is 18.0. The molecule has 0 bridgehead atoms. The Balaban J connectivity index is 1.58. The van der Waals surface area contributed by atoms with E-state index in [1.54, 1.807) is 12.1 Å². The molecule has 0 amide bonds. The standard InChI is InChI=1S/C18H18FNO3/c19-15-2-1-3-17(10-15)23-16-6-4-13(5-7-16)11-20-9-8-14(12-20)18(21)22/h1-7,10,14H,8-9,11-12H2,(H,21,22). The Morgan fingerprint density at radius 2 is 2.00 bits per heavy atom. The van der Waals surface area contributed by atoms with Crippen molar-refractivity contribution in [2.75, 3.05) is 13.1 Å². The number of ether oxygens (including phenoxy) is 1. The summed E-state index contributed by atoms with van der Waals surface area (Å²) in [6.45, 7) is 2.12. The third kappa shape index (κ3) is 4.07. The second-order valence-electron chi connectivity index (χ2n) is 5.76. The summed E-state index contributed by atoms with van der Waals surface area (Å²) in [5.74, 6) is -0.205. The molecule has 3 rings (SSSR count). The first-order valence-corrected chi connectivity index (χ1v) is 7.58. The molecule has 1 saturated heterocycles. The van der Waals surface area contributed by atoms with Crippen molar-refractivity contribution in [2.24, 2.45) is 5.92 Å². The summed E-state index contributed by atoms with van der Waals surface area (Å²) >= 11 is 0. The molecule has 1 N–H and O–H groups in total. The van der Waals surface area contributed by atoms with Gasteiger partial charge in [0.05, 0.1) is 5.92 Å². The fourth-order valence-electron chi connectivity index (χ4n) is 2.77. The minimum Gasteiger partial charge on any atom is -0.481 e. The molecule has 1 aliphatic heterocycles. The van der Waals surface area contributed by atoms with E-state index >= 15 is 0 Å². The highest BCUT2D eigenvalue weighted by atomic mass is 19.1. The number of rotatable bonds is 5. The third-order valence-electron chi connectivity index (χ3n) is 3.98. The molecule has 23 heavy (non-hydrogen) atoms. The van der Waals surface area contributed by atoms with E-state index in [1.807, 2.05) is 24.3 Å². The van der Waals surface area contributed by atoms with E-state index in [4.69, 9.17) is 9.84 Å². The number of carboxylic acid groups (broad SMARTS) is 1. The van der Waals surface area contributed by atoms with Crippen LogP contribution in [0.5, 0.6) is 11.5 Å². The van der Waals surface area contributed by atoms with Crippen molar-refractivity contribution < 1.29 is 19.0 Å². The van der Waals surface area contributed by atoms with Crippen LogP contribution in [0.25, 0.3) is 0 Å². The smallest absolute Gasteiger partial charge is 0.307 e. The lowest BCUT2D eigenvalue weighted by Gasteiger charge is -2.15. The van der Waals surface area contributed by atoms with Gasteiger partial charge in [-0.2, -0.15) is 0 Å². The molecular formula is C18H18FNO3. The summed E-state index contributed by atoms with van der Waals surface area (Å²) in [6.07, 6.45) is 0.704. The van der Waals surface area contributed by atoms with Gasteiger partial charge in [0.15, 0.2) is 0 Å². The highest BCUT2D eigenvalue weighted by molar-refractivity contribution is 5.70. The Bertz CT molecular complexity index is 687. The van der Waals surface area contributed by atoms with E-state index in [-0.39, 0.29) is 11.7 Å². The molecule has 1 heterocycles. The Kier molecular flexibility index (Phi) is 4.57. The van der Waals surface area contributed by atoms with Gasteiger partial charge in [0.1, 0.15) is 17.3 Å². The van der Waals surface area contributed by atoms with Gasteiger partial charge in [-0.3, -0.25) is 9.69 Å². The van der Waals surface area contributed by atoms with Crippen LogP contribution < -0.4 is 4.74 Å². The summed E-state index contributed by atoms with van der Waals surface area (Å²) in [6, 6.07) is 13.6. The number of likely N-dealkylation sites (tertiary alicyclic amines) is 1. The van der Waals surface area contributed by atoms with Crippen LogP contribution in [0.15, 0.2) is 48.5 Å². The fraction of sp³-hybridized carbons (Fsp3) is 0.278. The van der Waals surface area contributed by atoms with Gasteiger partial charge in [-0.15, -0.1) is 0 Å². The zero-order chi connectivity index (χ0) is 16.2. The highest BCUT2D eigenvalue weighted by Gasteiger charge is 2.27. The van der Waals surface area contributed by atoms with E-state index < -0.39 is 5.97 Å². The topological polar surface area (TPSA) is 49.8 Å². The van der Waals surface area contributed by atoms with Gasteiger partial charge in [0, 0.05) is 19.2 Å². The molecule has 0 saturated carbocycles. The van der Waals surface area contributed by atoms with E-state index in [0.717, 1.165) is 18.7 Å². The molecule has 0 radical (unpaired) electrons. The molecule has 120 valence electrons. The SMILES string of the molecule is O=C(O)C1CCN(Cc2ccc(Oc3cccc(F)c3)cc2)C1. The largest absolute Gasteiger partial charge is 0.481 e. The molecule has 1 atom stereocenters. The maximum absolute atomic E-state index is 13.1. The van der Waals surface area contributed by atoms with Crippen molar-refractivity contribution in [2.45, 2.75) is 13.0 Å². The van der Waals surface area contributed by atoms with Crippen LogP contribution in [-0.2, 0) is 11.3 Å².